The molecule has 1 aromatic rings. The van der Waals surface area contributed by atoms with Crippen LogP contribution in [0.15, 0.2) is 10.5 Å². The van der Waals surface area contributed by atoms with Gasteiger partial charge in [0.2, 0.25) is 0 Å². The zero-order valence-corrected chi connectivity index (χ0v) is 12.5. The van der Waals surface area contributed by atoms with E-state index in [1.807, 2.05) is 6.07 Å². The summed E-state index contributed by atoms with van der Waals surface area (Å²) in [5, 5.41) is 13.6. The third kappa shape index (κ3) is 2.81. The topological polar surface area (TPSA) is 41.5 Å². The molecule has 0 aromatic heterocycles. The van der Waals surface area contributed by atoms with Crippen LogP contribution < -0.4 is 10.1 Å². The molecule has 1 aliphatic rings. The summed E-state index contributed by atoms with van der Waals surface area (Å²) >= 11 is 3.49. The van der Waals surface area contributed by atoms with Crippen LogP contribution in [0.1, 0.15) is 30.4 Å². The third-order valence-corrected chi connectivity index (χ3v) is 4.47. The first-order valence-electron chi connectivity index (χ1n) is 6.41. The van der Waals surface area contributed by atoms with Gasteiger partial charge in [-0.25, -0.2) is 0 Å². The minimum absolute atomic E-state index is 0.203. The number of hydrogen-bond acceptors (Lipinski definition) is 3. The molecule has 1 aliphatic heterocycles. The van der Waals surface area contributed by atoms with Gasteiger partial charge in [0.25, 0.3) is 0 Å². The minimum Gasteiger partial charge on any atom is -0.503 e. The van der Waals surface area contributed by atoms with E-state index in [4.69, 9.17) is 4.74 Å². The summed E-state index contributed by atoms with van der Waals surface area (Å²) in [4.78, 5) is 0. The molecular weight excluding hydrogens is 294 g/mol. The Morgan fingerprint density at radius 1 is 1.50 bits per heavy atom. The number of benzene rings is 1. The lowest BCUT2D eigenvalue weighted by Gasteiger charge is -2.25. The van der Waals surface area contributed by atoms with Crippen molar-refractivity contribution in [3.63, 3.8) is 0 Å². The molecule has 100 valence electrons. The second-order valence-electron chi connectivity index (χ2n) is 4.89. The van der Waals surface area contributed by atoms with Crippen molar-refractivity contribution in [3.05, 3.63) is 21.7 Å². The van der Waals surface area contributed by atoms with Gasteiger partial charge in [-0.15, -0.1) is 0 Å². The number of aryl methyl sites for hydroxylation is 1. The molecule has 2 N–H and O–H groups in total. The largest absolute Gasteiger partial charge is 0.503 e. The van der Waals surface area contributed by atoms with Gasteiger partial charge in [0.15, 0.2) is 11.5 Å². The highest BCUT2D eigenvalue weighted by Crippen LogP contribution is 2.39. The van der Waals surface area contributed by atoms with Gasteiger partial charge in [0.1, 0.15) is 0 Å². The maximum atomic E-state index is 10.0. The Balaban J connectivity index is 2.24. The van der Waals surface area contributed by atoms with Gasteiger partial charge in [0, 0.05) is 6.04 Å². The number of phenols is 1. The Labute approximate surface area is 117 Å². The first kappa shape index (κ1) is 13.7. The highest BCUT2D eigenvalue weighted by Gasteiger charge is 2.19. The quantitative estimate of drug-likeness (QED) is 0.900. The second-order valence-corrected chi connectivity index (χ2v) is 5.68. The average molecular weight is 314 g/mol. The zero-order valence-electron chi connectivity index (χ0n) is 10.9. The van der Waals surface area contributed by atoms with Crippen LogP contribution in [-0.2, 0) is 6.42 Å². The van der Waals surface area contributed by atoms with Crippen molar-refractivity contribution >= 4 is 15.9 Å². The maximum Gasteiger partial charge on any atom is 0.172 e. The summed E-state index contributed by atoms with van der Waals surface area (Å²) in [5.41, 5.74) is 2.33. The molecule has 1 aromatic carbocycles. The van der Waals surface area contributed by atoms with Crippen LogP contribution in [-0.4, -0.2) is 24.8 Å². The van der Waals surface area contributed by atoms with Crippen molar-refractivity contribution in [1.29, 1.82) is 0 Å². The van der Waals surface area contributed by atoms with Gasteiger partial charge in [-0.3, -0.25) is 0 Å². The summed E-state index contributed by atoms with van der Waals surface area (Å²) in [6, 6.07) is 2.42. The number of rotatable bonds is 3. The van der Waals surface area contributed by atoms with Crippen molar-refractivity contribution in [2.24, 2.45) is 0 Å². The van der Waals surface area contributed by atoms with E-state index >= 15 is 0 Å². The predicted molar refractivity (Wildman–Crippen MR) is 76.4 cm³/mol. The molecule has 0 aliphatic carbocycles. The highest BCUT2D eigenvalue weighted by molar-refractivity contribution is 9.10. The van der Waals surface area contributed by atoms with E-state index in [1.165, 1.54) is 24.8 Å². The van der Waals surface area contributed by atoms with Crippen LogP contribution in [0, 0.1) is 6.92 Å². The lowest BCUT2D eigenvalue weighted by atomic mass is 9.95. The fourth-order valence-electron chi connectivity index (χ4n) is 2.53. The SMILES string of the molecule is COc1cc(C)c(CC2CCCCN2)c(Br)c1O. The molecule has 1 heterocycles. The Morgan fingerprint density at radius 2 is 2.28 bits per heavy atom. The Hall–Kier alpha value is -0.740. The molecule has 0 radical (unpaired) electrons. The van der Waals surface area contributed by atoms with E-state index in [1.54, 1.807) is 7.11 Å². The lowest BCUT2D eigenvalue weighted by molar-refractivity contribution is 0.369. The van der Waals surface area contributed by atoms with Crippen LogP contribution >= 0.6 is 15.9 Å². The van der Waals surface area contributed by atoms with Gasteiger partial charge in [-0.05, 0) is 65.9 Å². The minimum atomic E-state index is 0.203. The smallest absolute Gasteiger partial charge is 0.172 e. The number of ether oxygens (including phenoxy) is 1. The predicted octanol–water partition coefficient (Wildman–Crippen LogP) is 3.16. The molecule has 1 unspecified atom stereocenters. The van der Waals surface area contributed by atoms with Crippen LogP contribution in [0.3, 0.4) is 0 Å². The molecular formula is C14H20BrNO2. The van der Waals surface area contributed by atoms with Gasteiger partial charge in [0.05, 0.1) is 11.6 Å². The van der Waals surface area contributed by atoms with E-state index in [2.05, 4.69) is 28.2 Å². The molecule has 1 saturated heterocycles. The van der Waals surface area contributed by atoms with E-state index in [9.17, 15) is 5.11 Å². The molecule has 2 rings (SSSR count). The van der Waals surface area contributed by atoms with E-state index in [0.29, 0.717) is 11.8 Å². The fourth-order valence-corrected chi connectivity index (χ4v) is 3.20. The molecule has 0 amide bonds. The first-order valence-corrected chi connectivity index (χ1v) is 7.21. The van der Waals surface area contributed by atoms with Gasteiger partial charge in [-0.2, -0.15) is 0 Å². The molecule has 0 bridgehead atoms. The summed E-state index contributed by atoms with van der Waals surface area (Å²) in [5.74, 6) is 0.730. The van der Waals surface area contributed by atoms with E-state index in [-0.39, 0.29) is 5.75 Å². The van der Waals surface area contributed by atoms with Crippen molar-refractivity contribution in [1.82, 2.24) is 5.32 Å². The molecule has 0 saturated carbocycles. The molecule has 1 fully saturated rings. The first-order chi connectivity index (χ1) is 8.63. The molecule has 1 atom stereocenters. The third-order valence-electron chi connectivity index (χ3n) is 3.61. The van der Waals surface area contributed by atoms with Crippen LogP contribution in [0.2, 0.25) is 0 Å². The van der Waals surface area contributed by atoms with Gasteiger partial charge in [-0.1, -0.05) is 6.42 Å². The zero-order chi connectivity index (χ0) is 13.1. The normalized spacial score (nSPS) is 19.8. The number of hydrogen-bond donors (Lipinski definition) is 2. The van der Waals surface area contributed by atoms with Crippen molar-refractivity contribution in [2.75, 3.05) is 13.7 Å². The van der Waals surface area contributed by atoms with Gasteiger partial charge >= 0.3 is 0 Å². The summed E-state index contributed by atoms with van der Waals surface area (Å²) in [6.45, 7) is 3.16. The molecule has 4 heteroatoms. The Bertz CT molecular complexity index is 428. The van der Waals surface area contributed by atoms with Crippen molar-refractivity contribution in [3.8, 4) is 11.5 Å². The monoisotopic (exact) mass is 313 g/mol. The van der Waals surface area contributed by atoms with Crippen molar-refractivity contribution < 1.29 is 9.84 Å². The Morgan fingerprint density at radius 3 is 2.89 bits per heavy atom. The number of halogens is 1. The van der Waals surface area contributed by atoms with E-state index < -0.39 is 0 Å². The number of nitrogens with one attached hydrogen (secondary N) is 1. The summed E-state index contributed by atoms with van der Waals surface area (Å²) < 4.78 is 5.93. The second kappa shape index (κ2) is 5.93. The lowest BCUT2D eigenvalue weighted by Crippen LogP contribution is -2.35. The maximum absolute atomic E-state index is 10.0. The number of piperidine rings is 1. The number of aromatic hydroxyl groups is 1. The molecule has 18 heavy (non-hydrogen) atoms. The van der Waals surface area contributed by atoms with Crippen LogP contribution in [0.25, 0.3) is 0 Å². The standard InChI is InChI=1S/C14H20BrNO2/c1-9-7-12(18-2)14(17)13(15)11(9)8-10-5-3-4-6-16-10/h7,10,16-17H,3-6,8H2,1-2H3. The number of phenolic OH excluding ortho intramolecular Hbond substituents is 1. The van der Waals surface area contributed by atoms with Crippen molar-refractivity contribution in [2.45, 2.75) is 38.6 Å². The summed E-state index contributed by atoms with van der Waals surface area (Å²) in [7, 11) is 1.57. The molecule has 3 nitrogen and oxygen atoms in total. The number of methoxy groups -OCH3 is 1. The van der Waals surface area contributed by atoms with E-state index in [0.717, 1.165) is 23.0 Å². The fraction of sp³-hybridized carbons (Fsp3) is 0.571. The average Bonchev–Trinajstić information content (AvgIpc) is 2.40. The van der Waals surface area contributed by atoms with Crippen LogP contribution in [0.5, 0.6) is 11.5 Å². The molecule has 0 spiro atoms. The highest BCUT2D eigenvalue weighted by atomic mass is 79.9. The van der Waals surface area contributed by atoms with Crippen LogP contribution in [0.4, 0.5) is 0 Å². The Kier molecular flexibility index (Phi) is 4.51. The summed E-state index contributed by atoms with van der Waals surface area (Å²) in [6.07, 6.45) is 4.71. The van der Waals surface area contributed by atoms with Gasteiger partial charge < -0.3 is 15.2 Å².